The molecule has 0 spiro atoms. The van der Waals surface area contributed by atoms with E-state index in [1.807, 2.05) is 42.8 Å². The van der Waals surface area contributed by atoms with Crippen LogP contribution in [-0.2, 0) is 0 Å². The Kier molecular flexibility index (Phi) is 5.53. The second-order valence-corrected chi connectivity index (χ2v) is 8.45. The first kappa shape index (κ1) is 22.0. The zero-order chi connectivity index (χ0) is 24.0. The Labute approximate surface area is 199 Å². The molecule has 2 aliphatic heterocycles. The van der Waals surface area contributed by atoms with Crippen molar-refractivity contribution >= 4 is 11.6 Å². The average molecular weight is 480 g/mol. The molecule has 2 aromatic carbocycles. The van der Waals surface area contributed by atoms with Gasteiger partial charge in [-0.2, -0.15) is 0 Å². The molecule has 2 aliphatic rings. The van der Waals surface area contributed by atoms with Crippen LogP contribution in [0.4, 0.5) is 8.78 Å². The van der Waals surface area contributed by atoms with Crippen LogP contribution in [0.15, 0.2) is 61.2 Å². The molecule has 3 aromatic rings. The Bertz CT molecular complexity index is 1480. The predicted octanol–water partition coefficient (Wildman–Crippen LogP) is 6.09. The SMILES string of the molecule is COc1cc(-c2nnc3n([C@@H](C)c4ccc(F)c(F)c4)cc(Cl)cc2-3)ccc1-n1cnc(C)c1. The van der Waals surface area contributed by atoms with Crippen molar-refractivity contribution in [1.82, 2.24) is 24.3 Å². The van der Waals surface area contributed by atoms with Crippen LogP contribution in [0, 0.1) is 18.6 Å². The molecular formula is C25H20ClF2N5O. The summed E-state index contributed by atoms with van der Waals surface area (Å²) >= 11 is 6.45. The number of hydrogen-bond donors (Lipinski definition) is 0. The number of methoxy groups -OCH3 is 1. The quantitative estimate of drug-likeness (QED) is 0.306. The van der Waals surface area contributed by atoms with Crippen LogP contribution in [-0.4, -0.2) is 31.4 Å². The van der Waals surface area contributed by atoms with E-state index in [9.17, 15) is 8.78 Å². The van der Waals surface area contributed by atoms with Crippen molar-refractivity contribution in [3.8, 4) is 34.1 Å². The number of nitrogens with zero attached hydrogens (tertiary/aromatic N) is 5. The van der Waals surface area contributed by atoms with E-state index < -0.39 is 11.6 Å². The molecule has 0 aliphatic carbocycles. The van der Waals surface area contributed by atoms with Crippen LogP contribution in [0.5, 0.6) is 5.75 Å². The summed E-state index contributed by atoms with van der Waals surface area (Å²) in [6, 6.07) is 11.0. The standard InChI is InChI=1S/C25H20ClF2N5O/c1-14-11-32(13-29-14)22-7-5-17(9-23(22)34-3)24-19-10-18(26)12-33(25(19)31-30-24)15(2)16-4-6-20(27)21(28)8-16/h4-13,15H,1-3H3/t15-/m0/s1. The molecule has 3 heterocycles. The topological polar surface area (TPSA) is 57.8 Å². The lowest BCUT2D eigenvalue weighted by Gasteiger charge is -2.20. The molecule has 0 N–H and O–H groups in total. The van der Waals surface area contributed by atoms with Crippen molar-refractivity contribution in [1.29, 1.82) is 0 Å². The summed E-state index contributed by atoms with van der Waals surface area (Å²) in [7, 11) is 1.61. The molecule has 9 heteroatoms. The van der Waals surface area contributed by atoms with Crippen molar-refractivity contribution in [2.45, 2.75) is 19.9 Å². The molecule has 0 fully saturated rings. The fourth-order valence-electron chi connectivity index (χ4n) is 4.04. The Balaban J connectivity index is 1.57. The van der Waals surface area contributed by atoms with Crippen molar-refractivity contribution < 1.29 is 13.5 Å². The lowest BCUT2D eigenvalue weighted by Crippen LogP contribution is -2.11. The highest BCUT2D eigenvalue weighted by Gasteiger charge is 2.23. The molecule has 0 radical (unpaired) electrons. The third-order valence-corrected chi connectivity index (χ3v) is 6.02. The van der Waals surface area contributed by atoms with Crippen molar-refractivity contribution in [2.24, 2.45) is 0 Å². The van der Waals surface area contributed by atoms with Gasteiger partial charge in [-0.25, -0.2) is 13.8 Å². The zero-order valence-electron chi connectivity index (χ0n) is 18.6. The van der Waals surface area contributed by atoms with Gasteiger partial charge < -0.3 is 13.9 Å². The lowest BCUT2D eigenvalue weighted by atomic mass is 10.0. The number of fused-ring (bicyclic) bond motifs is 1. The fraction of sp³-hybridized carbons (Fsp3) is 0.160. The minimum Gasteiger partial charge on any atom is -0.495 e. The summed E-state index contributed by atoms with van der Waals surface area (Å²) in [5.74, 6) is -0.574. The molecule has 172 valence electrons. The first-order chi connectivity index (χ1) is 16.4. The highest BCUT2D eigenvalue weighted by atomic mass is 35.5. The third-order valence-electron chi connectivity index (χ3n) is 5.82. The number of aromatic nitrogens is 5. The summed E-state index contributed by atoms with van der Waals surface area (Å²) in [6.45, 7) is 3.78. The number of ether oxygens (including phenoxy) is 1. The van der Waals surface area contributed by atoms with Gasteiger partial charge in [-0.05, 0) is 49.7 Å². The zero-order valence-corrected chi connectivity index (χ0v) is 19.4. The predicted molar refractivity (Wildman–Crippen MR) is 126 cm³/mol. The molecule has 1 atom stereocenters. The van der Waals surface area contributed by atoms with E-state index in [0.717, 1.165) is 28.6 Å². The molecule has 0 bridgehead atoms. The number of benzene rings is 2. The molecule has 0 unspecified atom stereocenters. The molecular weight excluding hydrogens is 460 g/mol. The minimum absolute atomic E-state index is 0.359. The van der Waals surface area contributed by atoms with E-state index in [0.29, 0.717) is 27.9 Å². The normalized spacial score (nSPS) is 12.3. The Morgan fingerprint density at radius 3 is 2.53 bits per heavy atom. The highest BCUT2D eigenvalue weighted by Crippen LogP contribution is 2.38. The van der Waals surface area contributed by atoms with Crippen LogP contribution in [0.1, 0.15) is 24.2 Å². The molecule has 0 amide bonds. The van der Waals surface area contributed by atoms with Crippen molar-refractivity contribution in [3.63, 3.8) is 0 Å². The Morgan fingerprint density at radius 2 is 1.82 bits per heavy atom. The van der Waals surface area contributed by atoms with Gasteiger partial charge in [0.2, 0.25) is 0 Å². The minimum atomic E-state index is -0.905. The second-order valence-electron chi connectivity index (χ2n) is 8.01. The van der Waals surface area contributed by atoms with E-state index in [1.54, 1.807) is 36.3 Å². The monoisotopic (exact) mass is 479 g/mol. The van der Waals surface area contributed by atoms with Crippen LogP contribution >= 0.6 is 11.6 Å². The maximum absolute atomic E-state index is 13.8. The van der Waals surface area contributed by atoms with E-state index >= 15 is 0 Å². The maximum Gasteiger partial charge on any atom is 0.165 e. The van der Waals surface area contributed by atoms with Crippen LogP contribution in [0.25, 0.3) is 28.3 Å². The first-order valence-corrected chi connectivity index (χ1v) is 10.9. The first-order valence-electron chi connectivity index (χ1n) is 10.5. The number of rotatable bonds is 5. The highest BCUT2D eigenvalue weighted by molar-refractivity contribution is 6.30. The van der Waals surface area contributed by atoms with Gasteiger partial charge in [0.05, 0.1) is 35.9 Å². The molecule has 0 saturated heterocycles. The summed E-state index contributed by atoms with van der Waals surface area (Å²) in [4.78, 5) is 4.28. The van der Waals surface area contributed by atoms with Gasteiger partial charge in [-0.3, -0.25) is 0 Å². The summed E-state index contributed by atoms with van der Waals surface area (Å²) in [5.41, 5.74) is 4.49. The molecule has 5 rings (SSSR count). The second kappa shape index (κ2) is 8.53. The van der Waals surface area contributed by atoms with E-state index in [2.05, 4.69) is 15.2 Å². The summed E-state index contributed by atoms with van der Waals surface area (Å²) in [5, 5.41) is 9.28. The summed E-state index contributed by atoms with van der Waals surface area (Å²) in [6.07, 6.45) is 5.35. The number of imidazole rings is 1. The van der Waals surface area contributed by atoms with Gasteiger partial charge in [-0.15, -0.1) is 10.2 Å². The van der Waals surface area contributed by atoms with Crippen LogP contribution < -0.4 is 4.74 Å². The van der Waals surface area contributed by atoms with Crippen LogP contribution in [0.2, 0.25) is 5.02 Å². The van der Waals surface area contributed by atoms with Gasteiger partial charge in [-0.1, -0.05) is 23.7 Å². The average Bonchev–Trinajstić information content (AvgIpc) is 3.45. The van der Waals surface area contributed by atoms with Gasteiger partial charge >= 0.3 is 0 Å². The number of pyridine rings is 1. The number of aryl methyl sites for hydroxylation is 1. The Hall–Kier alpha value is -3.78. The largest absolute Gasteiger partial charge is 0.495 e. The molecule has 1 aromatic heterocycles. The lowest BCUT2D eigenvalue weighted by molar-refractivity contribution is 0.413. The van der Waals surface area contributed by atoms with Gasteiger partial charge in [0.1, 0.15) is 11.4 Å². The maximum atomic E-state index is 13.8. The fourth-order valence-corrected chi connectivity index (χ4v) is 4.25. The van der Waals surface area contributed by atoms with Crippen LogP contribution in [0.3, 0.4) is 0 Å². The van der Waals surface area contributed by atoms with Gasteiger partial charge in [0.15, 0.2) is 17.5 Å². The number of halogens is 3. The smallest absolute Gasteiger partial charge is 0.165 e. The molecule has 6 nitrogen and oxygen atoms in total. The Morgan fingerprint density at radius 1 is 1.00 bits per heavy atom. The van der Waals surface area contributed by atoms with Gasteiger partial charge in [0, 0.05) is 23.5 Å². The van der Waals surface area contributed by atoms with E-state index in [-0.39, 0.29) is 6.04 Å². The van der Waals surface area contributed by atoms with E-state index in [1.165, 1.54) is 6.07 Å². The van der Waals surface area contributed by atoms with E-state index in [4.69, 9.17) is 16.3 Å². The third kappa shape index (κ3) is 3.80. The number of hydrogen-bond acceptors (Lipinski definition) is 4. The summed E-state index contributed by atoms with van der Waals surface area (Å²) < 4.78 is 36.6. The molecule has 34 heavy (non-hydrogen) atoms. The van der Waals surface area contributed by atoms with Crippen molar-refractivity contribution in [2.75, 3.05) is 7.11 Å². The van der Waals surface area contributed by atoms with Crippen molar-refractivity contribution in [3.05, 3.63) is 89.1 Å². The molecule has 0 saturated carbocycles. The van der Waals surface area contributed by atoms with Gasteiger partial charge in [0.25, 0.3) is 0 Å².